The van der Waals surface area contributed by atoms with Crippen molar-refractivity contribution in [3.8, 4) is 0 Å². The third-order valence-corrected chi connectivity index (χ3v) is 4.37. The minimum absolute atomic E-state index is 0.0603. The van der Waals surface area contributed by atoms with Gasteiger partial charge in [0.1, 0.15) is 12.9 Å². The van der Waals surface area contributed by atoms with Crippen LogP contribution in [-0.2, 0) is 16.1 Å². The van der Waals surface area contributed by atoms with Crippen LogP contribution in [0.15, 0.2) is 29.6 Å². The topological polar surface area (TPSA) is 64.4 Å². The Morgan fingerprint density at radius 3 is 2.60 bits per heavy atom. The van der Waals surface area contributed by atoms with Crippen molar-refractivity contribution in [2.45, 2.75) is 33.1 Å². The molecule has 0 spiro atoms. The molecular weight excluding hydrogens is 361 g/mol. The molecule has 0 fully saturated rings. The lowest BCUT2D eigenvalue weighted by Gasteiger charge is -2.08. The highest BCUT2D eigenvalue weighted by Crippen LogP contribution is 2.24. The summed E-state index contributed by atoms with van der Waals surface area (Å²) in [6.07, 6.45) is 2.67. The van der Waals surface area contributed by atoms with Crippen molar-refractivity contribution >= 4 is 34.7 Å². The van der Waals surface area contributed by atoms with Gasteiger partial charge in [0.2, 0.25) is 0 Å². The molecule has 0 saturated heterocycles. The third-order valence-electron chi connectivity index (χ3n) is 3.63. The lowest BCUT2D eigenvalue weighted by atomic mass is 10.0. The molecule has 0 atom stereocenters. The number of benzene rings is 1. The van der Waals surface area contributed by atoms with Crippen LogP contribution in [-0.4, -0.2) is 28.6 Å². The van der Waals surface area contributed by atoms with Gasteiger partial charge in [-0.15, -0.1) is 0 Å². The Morgan fingerprint density at radius 2 is 1.96 bits per heavy atom. The normalized spacial score (nSPS) is 11.5. The maximum atomic E-state index is 12.3. The second-order valence-corrected chi connectivity index (χ2v) is 6.42. The highest BCUT2D eigenvalue weighted by Gasteiger charge is 2.13. The maximum absolute atomic E-state index is 12.3. The fraction of sp³-hybridized carbons (Fsp3) is 0.333. The minimum Gasteiger partial charge on any atom is -0.399 e. The number of Topliss-reactive ketones (excluding diaryl/α,β-unsaturated/α-hetero) is 1. The van der Waals surface area contributed by atoms with Gasteiger partial charge in [0.05, 0.1) is 39.3 Å². The SMILES string of the molecule is CON=C(CCC(=O)Cc1ncc(C)nc1C)c1ccc(Cl)c(Cl)c1. The molecule has 0 amide bonds. The monoisotopic (exact) mass is 379 g/mol. The molecule has 7 heteroatoms. The van der Waals surface area contributed by atoms with E-state index in [2.05, 4.69) is 15.1 Å². The molecule has 0 bridgehead atoms. The fourth-order valence-electron chi connectivity index (χ4n) is 2.36. The first-order valence-electron chi connectivity index (χ1n) is 7.77. The average Bonchev–Trinajstić information content (AvgIpc) is 2.56. The number of halogens is 2. The van der Waals surface area contributed by atoms with Crippen LogP contribution in [0, 0.1) is 13.8 Å². The molecular formula is C18H19Cl2N3O2. The summed E-state index contributed by atoms with van der Waals surface area (Å²) in [5.41, 5.74) is 3.73. The maximum Gasteiger partial charge on any atom is 0.139 e. The lowest BCUT2D eigenvalue weighted by molar-refractivity contribution is -0.118. The molecule has 0 aliphatic rings. The molecule has 1 aromatic carbocycles. The Hall–Kier alpha value is -1.98. The van der Waals surface area contributed by atoms with Crippen LogP contribution in [0.1, 0.15) is 35.5 Å². The van der Waals surface area contributed by atoms with E-state index in [4.69, 9.17) is 28.0 Å². The molecule has 25 heavy (non-hydrogen) atoms. The lowest BCUT2D eigenvalue weighted by Crippen LogP contribution is -2.11. The van der Waals surface area contributed by atoms with Crippen molar-refractivity contribution in [1.82, 2.24) is 9.97 Å². The predicted octanol–water partition coefficient (Wildman–Crippen LogP) is 4.34. The van der Waals surface area contributed by atoms with Crippen LogP contribution in [0.25, 0.3) is 0 Å². The Kier molecular flexibility index (Phi) is 6.91. The van der Waals surface area contributed by atoms with Crippen LogP contribution >= 0.6 is 23.2 Å². The second-order valence-electron chi connectivity index (χ2n) is 5.61. The zero-order valence-electron chi connectivity index (χ0n) is 14.3. The fourth-order valence-corrected chi connectivity index (χ4v) is 2.66. The van der Waals surface area contributed by atoms with E-state index in [0.717, 1.165) is 17.0 Å². The number of carbonyl (C=O) groups is 1. The van der Waals surface area contributed by atoms with Gasteiger partial charge in [-0.2, -0.15) is 0 Å². The Labute approximate surface area is 157 Å². The van der Waals surface area contributed by atoms with Crippen LogP contribution < -0.4 is 0 Å². The molecule has 2 aromatic rings. The van der Waals surface area contributed by atoms with E-state index in [-0.39, 0.29) is 12.2 Å². The van der Waals surface area contributed by atoms with E-state index >= 15 is 0 Å². The summed E-state index contributed by atoms with van der Waals surface area (Å²) in [7, 11) is 1.46. The zero-order valence-corrected chi connectivity index (χ0v) is 15.9. The van der Waals surface area contributed by atoms with Crippen LogP contribution in [0.4, 0.5) is 0 Å². The molecule has 5 nitrogen and oxygen atoms in total. The van der Waals surface area contributed by atoms with Gasteiger partial charge in [0, 0.05) is 24.6 Å². The first-order valence-corrected chi connectivity index (χ1v) is 8.52. The van der Waals surface area contributed by atoms with Gasteiger partial charge in [0.15, 0.2) is 0 Å². The molecule has 1 heterocycles. The molecule has 0 aliphatic heterocycles. The van der Waals surface area contributed by atoms with Crippen molar-refractivity contribution in [2.24, 2.45) is 5.16 Å². The summed E-state index contributed by atoms with van der Waals surface area (Å²) in [4.78, 5) is 25.8. The summed E-state index contributed by atoms with van der Waals surface area (Å²) in [5, 5.41) is 4.90. The highest BCUT2D eigenvalue weighted by atomic mass is 35.5. The predicted molar refractivity (Wildman–Crippen MR) is 99.5 cm³/mol. The Balaban J connectivity index is 2.04. The second kappa shape index (κ2) is 8.92. The average molecular weight is 380 g/mol. The molecule has 132 valence electrons. The van der Waals surface area contributed by atoms with Crippen LogP contribution in [0.2, 0.25) is 10.0 Å². The molecule has 0 saturated carbocycles. The van der Waals surface area contributed by atoms with Gasteiger partial charge < -0.3 is 4.84 Å². The van der Waals surface area contributed by atoms with E-state index in [1.807, 2.05) is 13.8 Å². The molecule has 0 unspecified atom stereocenters. The Morgan fingerprint density at radius 1 is 1.20 bits per heavy atom. The molecule has 0 aliphatic carbocycles. The molecule has 0 radical (unpaired) electrons. The van der Waals surface area contributed by atoms with Crippen molar-refractivity contribution < 1.29 is 9.63 Å². The van der Waals surface area contributed by atoms with E-state index in [1.165, 1.54) is 7.11 Å². The summed E-state index contributed by atoms with van der Waals surface area (Å²) in [6, 6.07) is 5.20. The van der Waals surface area contributed by atoms with Gasteiger partial charge in [-0.3, -0.25) is 14.8 Å². The van der Waals surface area contributed by atoms with Gasteiger partial charge in [-0.1, -0.05) is 34.4 Å². The molecule has 1 aromatic heterocycles. The summed E-state index contributed by atoms with van der Waals surface area (Å²) >= 11 is 12.0. The minimum atomic E-state index is 0.0603. The zero-order chi connectivity index (χ0) is 18.4. The van der Waals surface area contributed by atoms with E-state index in [1.54, 1.807) is 24.4 Å². The number of hydrogen-bond donors (Lipinski definition) is 0. The standard InChI is InChI=1S/C18H19Cl2N3O2/c1-11-10-21-18(12(2)22-11)9-14(24)5-7-17(23-25-3)13-4-6-15(19)16(20)8-13/h4,6,8,10H,5,7,9H2,1-3H3. The first kappa shape index (κ1) is 19.3. The Bertz CT molecular complexity index is 807. The van der Waals surface area contributed by atoms with Gasteiger partial charge in [0.25, 0.3) is 0 Å². The smallest absolute Gasteiger partial charge is 0.139 e. The number of carbonyl (C=O) groups excluding carboxylic acids is 1. The number of nitrogens with zero attached hydrogens (tertiary/aromatic N) is 3. The van der Waals surface area contributed by atoms with Crippen molar-refractivity contribution in [1.29, 1.82) is 0 Å². The highest BCUT2D eigenvalue weighted by molar-refractivity contribution is 6.42. The summed E-state index contributed by atoms with van der Waals surface area (Å²) in [6.45, 7) is 3.73. The van der Waals surface area contributed by atoms with Crippen LogP contribution in [0.3, 0.4) is 0 Å². The van der Waals surface area contributed by atoms with Gasteiger partial charge in [-0.25, -0.2) is 0 Å². The number of oxime groups is 1. The molecule has 0 N–H and O–H groups in total. The number of ketones is 1. The van der Waals surface area contributed by atoms with E-state index in [0.29, 0.717) is 34.3 Å². The van der Waals surface area contributed by atoms with Gasteiger partial charge >= 0.3 is 0 Å². The number of aryl methyl sites for hydroxylation is 2. The summed E-state index contributed by atoms with van der Waals surface area (Å²) < 4.78 is 0. The quantitative estimate of drug-likeness (QED) is 0.529. The molecule has 2 rings (SSSR count). The van der Waals surface area contributed by atoms with Gasteiger partial charge in [-0.05, 0) is 26.0 Å². The number of aromatic nitrogens is 2. The number of hydrogen-bond acceptors (Lipinski definition) is 5. The van der Waals surface area contributed by atoms with E-state index in [9.17, 15) is 4.79 Å². The first-order chi connectivity index (χ1) is 11.9. The van der Waals surface area contributed by atoms with E-state index < -0.39 is 0 Å². The van der Waals surface area contributed by atoms with Crippen molar-refractivity contribution in [3.05, 3.63) is 57.1 Å². The van der Waals surface area contributed by atoms with Crippen molar-refractivity contribution in [3.63, 3.8) is 0 Å². The number of rotatable bonds is 7. The summed E-state index contributed by atoms with van der Waals surface area (Å²) in [5.74, 6) is 0.0603. The largest absolute Gasteiger partial charge is 0.399 e. The van der Waals surface area contributed by atoms with Crippen molar-refractivity contribution in [2.75, 3.05) is 7.11 Å². The third kappa shape index (κ3) is 5.51. The van der Waals surface area contributed by atoms with Crippen LogP contribution in [0.5, 0.6) is 0 Å².